The van der Waals surface area contributed by atoms with Crippen molar-refractivity contribution in [3.05, 3.63) is 59.8 Å². The molecule has 1 aromatic heterocycles. The van der Waals surface area contributed by atoms with E-state index < -0.39 is 6.10 Å². The Morgan fingerprint density at radius 2 is 1.91 bits per heavy atom. The number of nitrogens with zero attached hydrogens (tertiary/aromatic N) is 1. The number of aliphatic hydroxyl groups excluding tert-OH is 1. The summed E-state index contributed by atoms with van der Waals surface area (Å²) in [7, 11) is 1.63. The summed E-state index contributed by atoms with van der Waals surface area (Å²) in [6, 6.07) is 13.9. The summed E-state index contributed by atoms with van der Waals surface area (Å²) in [5, 5.41) is 14.5. The Bertz CT molecular complexity index is 844. The van der Waals surface area contributed by atoms with Crippen molar-refractivity contribution in [2.75, 3.05) is 12.4 Å². The molecule has 0 amide bonds. The monoisotopic (exact) mass is 308 g/mol. The first-order valence-electron chi connectivity index (χ1n) is 7.58. The molecule has 2 N–H and O–H groups in total. The van der Waals surface area contributed by atoms with Crippen LogP contribution in [-0.4, -0.2) is 17.2 Å². The molecule has 0 aliphatic heterocycles. The first kappa shape index (κ1) is 15.3. The van der Waals surface area contributed by atoms with Gasteiger partial charge in [-0.1, -0.05) is 30.3 Å². The smallest absolute Gasteiger partial charge is 0.145 e. The van der Waals surface area contributed by atoms with Crippen molar-refractivity contribution >= 4 is 22.3 Å². The van der Waals surface area contributed by atoms with Crippen molar-refractivity contribution in [3.63, 3.8) is 0 Å². The lowest BCUT2D eigenvalue weighted by atomic mass is 10.0. The summed E-state index contributed by atoms with van der Waals surface area (Å²) in [5.41, 5.74) is 4.53. The third-order valence-corrected chi connectivity index (χ3v) is 3.96. The van der Waals surface area contributed by atoms with E-state index in [4.69, 9.17) is 4.74 Å². The van der Waals surface area contributed by atoms with E-state index in [0.29, 0.717) is 5.75 Å². The highest BCUT2D eigenvalue weighted by molar-refractivity contribution is 5.98. The number of para-hydroxylation sites is 2. The summed E-state index contributed by atoms with van der Waals surface area (Å²) in [4.78, 5) is 4.47. The molecule has 0 saturated heterocycles. The third-order valence-electron chi connectivity index (χ3n) is 3.96. The highest BCUT2D eigenvalue weighted by atomic mass is 16.5. The molecule has 0 aliphatic rings. The lowest BCUT2D eigenvalue weighted by molar-refractivity contribution is 0.200. The SMILES string of the molecule is COc1cccc2c(Nc3ccccc3C)c(C(C)O)cnc12. The molecule has 0 radical (unpaired) electrons. The second-order valence-corrected chi connectivity index (χ2v) is 5.56. The standard InChI is InChI=1S/C19H20N2O2/c1-12-7-4-5-9-16(12)21-18-14-8-6-10-17(23-3)19(14)20-11-15(18)13(2)22/h4-11,13,22H,1-3H3,(H,20,21). The van der Waals surface area contributed by atoms with Crippen LogP contribution in [0, 0.1) is 6.92 Å². The maximum absolute atomic E-state index is 10.1. The van der Waals surface area contributed by atoms with Gasteiger partial charge in [-0.3, -0.25) is 4.98 Å². The van der Waals surface area contributed by atoms with Crippen LogP contribution in [0.2, 0.25) is 0 Å². The molecule has 0 saturated carbocycles. The van der Waals surface area contributed by atoms with Crippen LogP contribution in [0.5, 0.6) is 5.75 Å². The van der Waals surface area contributed by atoms with Crippen molar-refractivity contribution in [2.45, 2.75) is 20.0 Å². The maximum Gasteiger partial charge on any atom is 0.145 e. The molecule has 3 rings (SSSR count). The number of fused-ring (bicyclic) bond motifs is 1. The number of methoxy groups -OCH3 is 1. The molecule has 1 atom stereocenters. The molecule has 0 aliphatic carbocycles. The van der Waals surface area contributed by atoms with E-state index in [0.717, 1.165) is 33.4 Å². The molecule has 3 aromatic rings. The van der Waals surface area contributed by atoms with Gasteiger partial charge < -0.3 is 15.2 Å². The number of aryl methyl sites for hydroxylation is 1. The van der Waals surface area contributed by atoms with E-state index in [9.17, 15) is 5.11 Å². The number of rotatable bonds is 4. The van der Waals surface area contributed by atoms with Gasteiger partial charge in [0.25, 0.3) is 0 Å². The second kappa shape index (κ2) is 6.26. The summed E-state index contributed by atoms with van der Waals surface area (Å²) in [6.07, 6.45) is 1.08. The fourth-order valence-corrected chi connectivity index (χ4v) is 2.68. The number of aliphatic hydroxyl groups is 1. The number of ether oxygens (including phenoxy) is 1. The summed E-state index contributed by atoms with van der Waals surface area (Å²) in [5.74, 6) is 0.715. The van der Waals surface area contributed by atoms with Gasteiger partial charge in [-0.05, 0) is 31.5 Å². The quantitative estimate of drug-likeness (QED) is 0.752. The Labute approximate surface area is 135 Å². The average molecular weight is 308 g/mol. The molecule has 1 heterocycles. The van der Waals surface area contributed by atoms with E-state index in [1.807, 2.05) is 49.4 Å². The number of benzene rings is 2. The van der Waals surface area contributed by atoms with Gasteiger partial charge in [0.1, 0.15) is 11.3 Å². The normalized spacial score (nSPS) is 12.2. The summed E-state index contributed by atoms with van der Waals surface area (Å²) < 4.78 is 5.40. The largest absolute Gasteiger partial charge is 0.494 e. The molecule has 118 valence electrons. The van der Waals surface area contributed by atoms with Gasteiger partial charge in [0.2, 0.25) is 0 Å². The molecular weight excluding hydrogens is 288 g/mol. The Hall–Kier alpha value is -2.59. The summed E-state index contributed by atoms with van der Waals surface area (Å²) in [6.45, 7) is 3.79. The van der Waals surface area contributed by atoms with Gasteiger partial charge in [0.15, 0.2) is 0 Å². The van der Waals surface area contributed by atoms with Crippen LogP contribution >= 0.6 is 0 Å². The van der Waals surface area contributed by atoms with E-state index in [1.54, 1.807) is 20.2 Å². The highest BCUT2D eigenvalue weighted by Gasteiger charge is 2.15. The molecular formula is C19H20N2O2. The number of nitrogens with one attached hydrogen (secondary N) is 1. The van der Waals surface area contributed by atoms with Crippen LogP contribution in [0.4, 0.5) is 11.4 Å². The van der Waals surface area contributed by atoms with Crippen LogP contribution in [0.3, 0.4) is 0 Å². The van der Waals surface area contributed by atoms with Crippen LogP contribution < -0.4 is 10.1 Å². The van der Waals surface area contributed by atoms with Gasteiger partial charge in [0, 0.05) is 22.8 Å². The fraction of sp³-hybridized carbons (Fsp3) is 0.211. The minimum atomic E-state index is -0.621. The Balaban J connectivity index is 2.23. The number of anilines is 2. The lowest BCUT2D eigenvalue weighted by Gasteiger charge is -2.18. The Morgan fingerprint density at radius 3 is 2.61 bits per heavy atom. The van der Waals surface area contributed by atoms with E-state index >= 15 is 0 Å². The third kappa shape index (κ3) is 2.85. The number of aromatic nitrogens is 1. The predicted molar refractivity (Wildman–Crippen MR) is 93.4 cm³/mol. The van der Waals surface area contributed by atoms with Gasteiger partial charge in [-0.25, -0.2) is 0 Å². The lowest BCUT2D eigenvalue weighted by Crippen LogP contribution is -2.03. The van der Waals surface area contributed by atoms with Crippen LogP contribution in [0.1, 0.15) is 24.2 Å². The van der Waals surface area contributed by atoms with Crippen molar-refractivity contribution in [3.8, 4) is 5.75 Å². The molecule has 0 spiro atoms. The first-order valence-corrected chi connectivity index (χ1v) is 7.58. The molecule has 1 unspecified atom stereocenters. The van der Waals surface area contributed by atoms with Gasteiger partial charge in [0.05, 0.1) is 18.9 Å². The molecule has 0 bridgehead atoms. The van der Waals surface area contributed by atoms with Crippen molar-refractivity contribution in [2.24, 2.45) is 0 Å². The number of hydrogen-bond acceptors (Lipinski definition) is 4. The zero-order valence-corrected chi connectivity index (χ0v) is 13.5. The van der Waals surface area contributed by atoms with Crippen molar-refractivity contribution in [1.29, 1.82) is 0 Å². The predicted octanol–water partition coefficient (Wildman–Crippen LogP) is 4.35. The minimum Gasteiger partial charge on any atom is -0.494 e. The first-order chi connectivity index (χ1) is 11.1. The summed E-state index contributed by atoms with van der Waals surface area (Å²) >= 11 is 0. The van der Waals surface area contributed by atoms with E-state index in [1.165, 1.54) is 0 Å². The van der Waals surface area contributed by atoms with Crippen molar-refractivity contribution in [1.82, 2.24) is 4.98 Å². The molecule has 2 aromatic carbocycles. The number of pyridine rings is 1. The molecule has 4 nitrogen and oxygen atoms in total. The van der Waals surface area contributed by atoms with Crippen LogP contribution in [-0.2, 0) is 0 Å². The van der Waals surface area contributed by atoms with Crippen molar-refractivity contribution < 1.29 is 9.84 Å². The topological polar surface area (TPSA) is 54.4 Å². The van der Waals surface area contributed by atoms with Crippen LogP contribution in [0.25, 0.3) is 10.9 Å². The maximum atomic E-state index is 10.1. The molecule has 0 fully saturated rings. The van der Waals surface area contributed by atoms with Gasteiger partial charge in [-0.15, -0.1) is 0 Å². The molecule has 23 heavy (non-hydrogen) atoms. The Kier molecular flexibility index (Phi) is 4.17. The zero-order valence-electron chi connectivity index (χ0n) is 13.5. The van der Waals surface area contributed by atoms with E-state index in [2.05, 4.69) is 10.3 Å². The van der Waals surface area contributed by atoms with Crippen LogP contribution in [0.15, 0.2) is 48.7 Å². The second-order valence-electron chi connectivity index (χ2n) is 5.56. The van der Waals surface area contributed by atoms with Gasteiger partial charge in [-0.2, -0.15) is 0 Å². The average Bonchev–Trinajstić information content (AvgIpc) is 2.56. The minimum absolute atomic E-state index is 0.621. The fourth-order valence-electron chi connectivity index (χ4n) is 2.68. The molecule has 4 heteroatoms. The van der Waals surface area contributed by atoms with E-state index in [-0.39, 0.29) is 0 Å². The highest BCUT2D eigenvalue weighted by Crippen LogP contribution is 2.36. The Morgan fingerprint density at radius 1 is 1.13 bits per heavy atom. The zero-order chi connectivity index (χ0) is 16.4. The number of hydrogen-bond donors (Lipinski definition) is 2. The van der Waals surface area contributed by atoms with Gasteiger partial charge >= 0.3 is 0 Å².